The molecule has 3 nitrogen and oxygen atoms in total. The molecule has 0 amide bonds. The third-order valence-electron chi connectivity index (χ3n) is 2.58. The number of halogens is 1. The van der Waals surface area contributed by atoms with Crippen LogP contribution in [0.4, 0.5) is 0 Å². The lowest BCUT2D eigenvalue weighted by molar-refractivity contribution is 0.413. The Morgan fingerprint density at radius 3 is 2.83 bits per heavy atom. The molecule has 0 spiro atoms. The van der Waals surface area contributed by atoms with Crippen LogP contribution in [-0.4, -0.2) is 15.1 Å². The number of imidazole rings is 1. The first kappa shape index (κ1) is 13.8. The van der Waals surface area contributed by atoms with Crippen LogP contribution in [0.2, 0.25) is 0 Å². The summed E-state index contributed by atoms with van der Waals surface area (Å²) in [6.07, 6.45) is 3.90. The highest BCUT2D eigenvalue weighted by Crippen LogP contribution is 2.23. The van der Waals surface area contributed by atoms with Crippen LogP contribution in [0, 0.1) is 0 Å². The molecule has 2 aromatic rings. The Hall–Kier alpha value is -0.650. The SMILES string of the molecule is CC(C)(C)NCc1nccn1Cc1sccc1Br. The Bertz CT molecular complexity index is 510. The molecule has 0 aromatic carbocycles. The van der Waals surface area contributed by atoms with Crippen molar-refractivity contribution in [3.05, 3.63) is 39.0 Å². The van der Waals surface area contributed by atoms with Crippen molar-refractivity contribution in [3.8, 4) is 0 Å². The predicted molar refractivity (Wildman–Crippen MR) is 79.9 cm³/mol. The van der Waals surface area contributed by atoms with Gasteiger partial charge in [-0.25, -0.2) is 4.98 Å². The number of hydrogen-bond donors (Lipinski definition) is 1. The molecule has 0 saturated carbocycles. The molecule has 0 aliphatic heterocycles. The van der Waals surface area contributed by atoms with Gasteiger partial charge in [0.15, 0.2) is 0 Å². The van der Waals surface area contributed by atoms with Crippen LogP contribution in [0.5, 0.6) is 0 Å². The van der Waals surface area contributed by atoms with E-state index in [1.807, 2.05) is 12.4 Å². The van der Waals surface area contributed by atoms with Gasteiger partial charge in [-0.1, -0.05) is 0 Å². The molecule has 18 heavy (non-hydrogen) atoms. The number of aromatic nitrogens is 2. The normalized spacial score (nSPS) is 12.0. The fourth-order valence-corrected chi connectivity index (χ4v) is 3.06. The highest BCUT2D eigenvalue weighted by molar-refractivity contribution is 9.10. The van der Waals surface area contributed by atoms with Gasteiger partial charge in [-0.05, 0) is 48.1 Å². The summed E-state index contributed by atoms with van der Waals surface area (Å²) in [5.74, 6) is 1.07. The van der Waals surface area contributed by atoms with Gasteiger partial charge in [-0.2, -0.15) is 0 Å². The zero-order chi connectivity index (χ0) is 13.2. The van der Waals surface area contributed by atoms with Gasteiger partial charge < -0.3 is 9.88 Å². The van der Waals surface area contributed by atoms with Crippen molar-refractivity contribution in [2.24, 2.45) is 0 Å². The van der Waals surface area contributed by atoms with Gasteiger partial charge in [0, 0.05) is 27.3 Å². The molecule has 0 bridgehead atoms. The average Bonchev–Trinajstić information content (AvgIpc) is 2.86. The molecule has 2 aromatic heterocycles. The van der Waals surface area contributed by atoms with Crippen LogP contribution in [-0.2, 0) is 13.1 Å². The van der Waals surface area contributed by atoms with Crippen LogP contribution >= 0.6 is 27.3 Å². The molecule has 5 heteroatoms. The lowest BCUT2D eigenvalue weighted by atomic mass is 10.1. The summed E-state index contributed by atoms with van der Waals surface area (Å²) in [4.78, 5) is 5.74. The van der Waals surface area contributed by atoms with Crippen molar-refractivity contribution in [1.82, 2.24) is 14.9 Å². The van der Waals surface area contributed by atoms with E-state index >= 15 is 0 Å². The maximum Gasteiger partial charge on any atom is 0.123 e. The van der Waals surface area contributed by atoms with Gasteiger partial charge in [0.05, 0.1) is 13.1 Å². The van der Waals surface area contributed by atoms with Crippen LogP contribution in [0.15, 0.2) is 28.3 Å². The highest BCUT2D eigenvalue weighted by atomic mass is 79.9. The van der Waals surface area contributed by atoms with Crippen molar-refractivity contribution in [3.63, 3.8) is 0 Å². The number of nitrogens with zero attached hydrogens (tertiary/aromatic N) is 2. The minimum Gasteiger partial charge on any atom is -0.329 e. The third-order valence-corrected chi connectivity index (χ3v) is 4.49. The van der Waals surface area contributed by atoms with Gasteiger partial charge in [-0.15, -0.1) is 11.3 Å². The number of rotatable bonds is 4. The van der Waals surface area contributed by atoms with Crippen molar-refractivity contribution >= 4 is 27.3 Å². The van der Waals surface area contributed by atoms with E-state index in [4.69, 9.17) is 0 Å². The average molecular weight is 328 g/mol. The van der Waals surface area contributed by atoms with Gasteiger partial charge in [0.1, 0.15) is 5.82 Å². The zero-order valence-electron chi connectivity index (χ0n) is 10.9. The van der Waals surface area contributed by atoms with E-state index in [2.05, 4.69) is 63.0 Å². The summed E-state index contributed by atoms with van der Waals surface area (Å²) in [5.41, 5.74) is 0.111. The molecule has 1 N–H and O–H groups in total. The van der Waals surface area contributed by atoms with E-state index in [0.717, 1.165) is 18.9 Å². The first-order valence-electron chi connectivity index (χ1n) is 5.92. The van der Waals surface area contributed by atoms with Crippen LogP contribution < -0.4 is 5.32 Å². The first-order chi connectivity index (χ1) is 8.46. The fourth-order valence-electron chi connectivity index (χ4n) is 1.59. The quantitative estimate of drug-likeness (QED) is 0.929. The van der Waals surface area contributed by atoms with E-state index in [9.17, 15) is 0 Å². The van der Waals surface area contributed by atoms with Crippen LogP contribution in [0.25, 0.3) is 0 Å². The van der Waals surface area contributed by atoms with Crippen molar-refractivity contribution < 1.29 is 0 Å². The topological polar surface area (TPSA) is 29.9 Å². The summed E-state index contributed by atoms with van der Waals surface area (Å²) in [6.45, 7) is 8.15. The van der Waals surface area contributed by atoms with E-state index in [1.54, 1.807) is 11.3 Å². The molecular weight excluding hydrogens is 310 g/mol. The lowest BCUT2D eigenvalue weighted by Gasteiger charge is -2.20. The molecular formula is C13H18BrN3S. The van der Waals surface area contributed by atoms with E-state index < -0.39 is 0 Å². The van der Waals surface area contributed by atoms with Crippen molar-refractivity contribution in [1.29, 1.82) is 0 Å². The Balaban J connectivity index is 2.06. The van der Waals surface area contributed by atoms with Gasteiger partial charge in [0.25, 0.3) is 0 Å². The molecule has 0 aliphatic rings. The molecule has 0 radical (unpaired) electrons. The second-order valence-electron chi connectivity index (χ2n) is 5.27. The molecule has 2 heterocycles. The number of nitrogens with one attached hydrogen (secondary N) is 1. The Morgan fingerprint density at radius 1 is 1.44 bits per heavy atom. The van der Waals surface area contributed by atoms with E-state index in [-0.39, 0.29) is 5.54 Å². The smallest absolute Gasteiger partial charge is 0.123 e. The molecule has 0 fully saturated rings. The Kier molecular flexibility index (Phi) is 4.25. The van der Waals surface area contributed by atoms with Gasteiger partial charge in [0.2, 0.25) is 0 Å². The number of hydrogen-bond acceptors (Lipinski definition) is 3. The Morgan fingerprint density at radius 2 is 2.22 bits per heavy atom. The van der Waals surface area contributed by atoms with Gasteiger partial charge >= 0.3 is 0 Å². The van der Waals surface area contributed by atoms with Crippen molar-refractivity contribution in [2.75, 3.05) is 0 Å². The number of thiophene rings is 1. The molecule has 0 atom stereocenters. The molecule has 98 valence electrons. The van der Waals surface area contributed by atoms with Crippen LogP contribution in [0.3, 0.4) is 0 Å². The predicted octanol–water partition coefficient (Wildman–Crippen LogP) is 3.64. The Labute approximate surface area is 120 Å². The van der Waals surface area contributed by atoms with Crippen LogP contribution in [0.1, 0.15) is 31.5 Å². The summed E-state index contributed by atoms with van der Waals surface area (Å²) >= 11 is 5.33. The summed E-state index contributed by atoms with van der Waals surface area (Å²) in [7, 11) is 0. The zero-order valence-corrected chi connectivity index (χ0v) is 13.3. The van der Waals surface area contributed by atoms with Crippen molar-refractivity contribution in [2.45, 2.75) is 39.4 Å². The minimum atomic E-state index is 0.111. The fraction of sp³-hybridized carbons (Fsp3) is 0.462. The summed E-state index contributed by atoms with van der Waals surface area (Å²) < 4.78 is 3.37. The molecule has 0 saturated heterocycles. The van der Waals surface area contributed by atoms with E-state index in [1.165, 1.54) is 9.35 Å². The maximum atomic E-state index is 4.42. The molecule has 2 rings (SSSR count). The minimum absolute atomic E-state index is 0.111. The third kappa shape index (κ3) is 3.67. The standard InChI is InChI=1S/C13H18BrN3S/c1-13(2,3)16-8-12-15-5-6-17(12)9-11-10(14)4-7-18-11/h4-7,16H,8-9H2,1-3H3. The largest absolute Gasteiger partial charge is 0.329 e. The molecule has 0 unspecified atom stereocenters. The molecule has 0 aliphatic carbocycles. The van der Waals surface area contributed by atoms with Gasteiger partial charge in [-0.3, -0.25) is 0 Å². The summed E-state index contributed by atoms with van der Waals surface area (Å²) in [5, 5.41) is 5.57. The second-order valence-corrected chi connectivity index (χ2v) is 7.12. The lowest BCUT2D eigenvalue weighted by Crippen LogP contribution is -2.35. The highest BCUT2D eigenvalue weighted by Gasteiger charge is 2.12. The summed E-state index contributed by atoms with van der Waals surface area (Å²) in [6, 6.07) is 2.09. The first-order valence-corrected chi connectivity index (χ1v) is 7.60. The second kappa shape index (κ2) is 5.55. The van der Waals surface area contributed by atoms with E-state index in [0.29, 0.717) is 0 Å². The maximum absolute atomic E-state index is 4.42. The monoisotopic (exact) mass is 327 g/mol.